The van der Waals surface area contributed by atoms with E-state index in [9.17, 15) is 17.6 Å². The van der Waals surface area contributed by atoms with Crippen molar-refractivity contribution in [2.45, 2.75) is 24.3 Å². The average molecular weight is 437 g/mol. The average Bonchev–Trinajstić information content (AvgIpc) is 3.20. The van der Waals surface area contributed by atoms with Crippen LogP contribution in [-0.4, -0.2) is 25.0 Å². The predicted molar refractivity (Wildman–Crippen MR) is 117 cm³/mol. The Morgan fingerprint density at radius 2 is 1.65 bits per heavy atom. The number of nitrogens with one attached hydrogen (secondary N) is 1. The first-order chi connectivity index (χ1) is 14.9. The molecule has 1 aliphatic heterocycles. The van der Waals surface area contributed by atoms with Crippen LogP contribution < -0.4 is 4.72 Å². The lowest BCUT2D eigenvalue weighted by atomic mass is 9.97. The largest absolute Gasteiger partial charge is 0.279 e. The number of benzene rings is 3. The molecule has 0 aromatic heterocycles. The van der Waals surface area contributed by atoms with Crippen molar-refractivity contribution in [3.8, 4) is 0 Å². The van der Waals surface area contributed by atoms with Crippen LogP contribution in [0.15, 0.2) is 88.9 Å². The minimum absolute atomic E-state index is 0.128. The fourth-order valence-electron chi connectivity index (χ4n) is 3.58. The van der Waals surface area contributed by atoms with Crippen LogP contribution in [0.3, 0.4) is 0 Å². The summed E-state index contributed by atoms with van der Waals surface area (Å²) < 4.78 is 42.6. The predicted octanol–water partition coefficient (Wildman–Crippen LogP) is 4.32. The van der Waals surface area contributed by atoms with Gasteiger partial charge in [-0.3, -0.25) is 9.52 Å². The van der Waals surface area contributed by atoms with Gasteiger partial charge in [0, 0.05) is 24.5 Å². The van der Waals surface area contributed by atoms with E-state index in [1.54, 1.807) is 60.7 Å². The lowest BCUT2D eigenvalue weighted by Crippen LogP contribution is -2.25. The number of sulfonamides is 1. The highest BCUT2D eigenvalue weighted by atomic mass is 32.2. The van der Waals surface area contributed by atoms with E-state index in [4.69, 9.17) is 0 Å². The third kappa shape index (κ3) is 4.20. The zero-order valence-electron chi connectivity index (χ0n) is 16.7. The van der Waals surface area contributed by atoms with E-state index < -0.39 is 21.9 Å². The van der Waals surface area contributed by atoms with Crippen LogP contribution in [0.5, 0.6) is 0 Å². The maximum atomic E-state index is 14.3. The van der Waals surface area contributed by atoms with Gasteiger partial charge in [0.05, 0.1) is 22.3 Å². The first-order valence-electron chi connectivity index (χ1n) is 9.66. The molecular weight excluding hydrogens is 417 g/mol. The molecule has 1 heterocycles. The van der Waals surface area contributed by atoms with Crippen LogP contribution in [-0.2, 0) is 14.8 Å². The van der Waals surface area contributed by atoms with Crippen LogP contribution in [0.4, 0.5) is 10.1 Å². The smallest absolute Gasteiger partial charge is 0.261 e. The van der Waals surface area contributed by atoms with E-state index in [0.717, 1.165) is 0 Å². The van der Waals surface area contributed by atoms with Gasteiger partial charge in [0.1, 0.15) is 5.82 Å². The molecule has 1 N–H and O–H groups in total. The molecule has 3 aromatic rings. The normalized spacial score (nSPS) is 16.1. The molecule has 0 bridgehead atoms. The molecule has 0 saturated heterocycles. The molecule has 1 unspecified atom stereocenters. The summed E-state index contributed by atoms with van der Waals surface area (Å²) in [7, 11) is -3.83. The van der Waals surface area contributed by atoms with Crippen LogP contribution >= 0.6 is 0 Å². The van der Waals surface area contributed by atoms with Crippen LogP contribution in [0, 0.1) is 5.82 Å². The summed E-state index contributed by atoms with van der Waals surface area (Å²) in [6.07, 6.45) is 0.255. The standard InChI is InChI=1S/C23H20FN3O3S/c1-16(28)27-23(15-22(25-27)18-11-5-7-13-20(18)24)19-12-6-8-14-21(19)26-31(29,30)17-9-3-2-4-10-17/h2-14,23,26H,15H2,1H3. The first-order valence-corrected chi connectivity index (χ1v) is 11.1. The lowest BCUT2D eigenvalue weighted by molar-refractivity contribution is -0.130. The highest BCUT2D eigenvalue weighted by molar-refractivity contribution is 7.92. The van der Waals surface area contributed by atoms with Crippen LogP contribution in [0.25, 0.3) is 0 Å². The molecule has 6 nitrogen and oxygen atoms in total. The number of hydrogen-bond acceptors (Lipinski definition) is 4. The Morgan fingerprint density at radius 3 is 2.35 bits per heavy atom. The monoisotopic (exact) mass is 437 g/mol. The van der Waals surface area contributed by atoms with Gasteiger partial charge in [0.15, 0.2) is 0 Å². The summed E-state index contributed by atoms with van der Waals surface area (Å²) in [6.45, 7) is 1.37. The molecule has 8 heteroatoms. The van der Waals surface area contributed by atoms with Crippen molar-refractivity contribution in [3.63, 3.8) is 0 Å². The van der Waals surface area contributed by atoms with Gasteiger partial charge in [0.2, 0.25) is 5.91 Å². The molecule has 3 aromatic carbocycles. The Labute approximate surface area is 180 Å². The van der Waals surface area contributed by atoms with Crippen molar-refractivity contribution in [2.75, 3.05) is 4.72 Å². The van der Waals surface area contributed by atoms with E-state index in [1.807, 2.05) is 0 Å². The quantitative estimate of drug-likeness (QED) is 0.646. The van der Waals surface area contributed by atoms with Crippen molar-refractivity contribution in [1.82, 2.24) is 5.01 Å². The number of anilines is 1. The van der Waals surface area contributed by atoms with E-state index in [1.165, 1.54) is 30.1 Å². The van der Waals surface area contributed by atoms with Gasteiger partial charge in [-0.1, -0.05) is 54.6 Å². The SMILES string of the molecule is CC(=O)N1N=C(c2ccccc2F)CC1c1ccccc1NS(=O)(=O)c1ccccc1. The molecule has 4 rings (SSSR count). The summed E-state index contributed by atoms with van der Waals surface area (Å²) in [5.74, 6) is -0.750. The second-order valence-electron chi connectivity index (χ2n) is 7.12. The van der Waals surface area contributed by atoms with E-state index in [0.29, 0.717) is 22.5 Å². The summed E-state index contributed by atoms with van der Waals surface area (Å²) in [5.41, 5.74) is 1.66. The van der Waals surface area contributed by atoms with Crippen LogP contribution in [0.1, 0.15) is 30.5 Å². The number of hydrogen-bond donors (Lipinski definition) is 1. The molecule has 31 heavy (non-hydrogen) atoms. The zero-order valence-corrected chi connectivity index (χ0v) is 17.5. The van der Waals surface area contributed by atoms with Gasteiger partial charge >= 0.3 is 0 Å². The highest BCUT2D eigenvalue weighted by Crippen LogP contribution is 2.37. The Kier molecular flexibility index (Phi) is 5.56. The molecule has 0 saturated carbocycles. The third-order valence-electron chi connectivity index (χ3n) is 5.04. The summed E-state index contributed by atoms with van der Waals surface area (Å²) in [6, 6.07) is 20.5. The molecule has 0 spiro atoms. The molecule has 1 amide bonds. The second-order valence-corrected chi connectivity index (χ2v) is 8.80. The number of carbonyl (C=O) groups excluding carboxylic acids is 1. The van der Waals surface area contributed by atoms with E-state index in [2.05, 4.69) is 9.82 Å². The van der Waals surface area contributed by atoms with Crippen molar-refractivity contribution < 1.29 is 17.6 Å². The number of carbonyl (C=O) groups is 1. The fourth-order valence-corrected chi connectivity index (χ4v) is 4.69. The first kappa shape index (κ1) is 20.7. The van der Waals surface area contributed by atoms with Crippen molar-refractivity contribution in [2.24, 2.45) is 5.10 Å². The van der Waals surface area contributed by atoms with Gasteiger partial charge < -0.3 is 0 Å². The number of rotatable bonds is 5. The summed E-state index contributed by atoms with van der Waals surface area (Å²) in [4.78, 5) is 12.4. The second kappa shape index (κ2) is 8.31. The lowest BCUT2D eigenvalue weighted by Gasteiger charge is -2.23. The van der Waals surface area contributed by atoms with Crippen molar-refractivity contribution in [1.29, 1.82) is 0 Å². The van der Waals surface area contributed by atoms with Crippen LogP contribution in [0.2, 0.25) is 0 Å². The highest BCUT2D eigenvalue weighted by Gasteiger charge is 2.34. The number of hydrazone groups is 1. The molecular formula is C23H20FN3O3S. The fraction of sp³-hybridized carbons (Fsp3) is 0.130. The molecule has 1 atom stereocenters. The maximum Gasteiger partial charge on any atom is 0.261 e. The maximum absolute atomic E-state index is 14.3. The number of halogens is 1. The van der Waals surface area contributed by atoms with Gasteiger partial charge in [0.25, 0.3) is 10.0 Å². The Morgan fingerprint density at radius 1 is 1.00 bits per heavy atom. The van der Waals surface area contributed by atoms with Gasteiger partial charge in [-0.25, -0.2) is 17.8 Å². The van der Waals surface area contributed by atoms with Gasteiger partial charge in [-0.05, 0) is 24.3 Å². The van der Waals surface area contributed by atoms with Crippen molar-refractivity contribution in [3.05, 3.63) is 95.8 Å². The minimum Gasteiger partial charge on any atom is -0.279 e. The third-order valence-corrected chi connectivity index (χ3v) is 6.42. The number of amides is 1. The molecule has 0 aliphatic carbocycles. The number of para-hydroxylation sites is 1. The van der Waals surface area contributed by atoms with E-state index in [-0.39, 0.29) is 17.2 Å². The topological polar surface area (TPSA) is 78.8 Å². The van der Waals surface area contributed by atoms with Crippen molar-refractivity contribution >= 4 is 27.3 Å². The Bertz CT molecular complexity index is 1260. The minimum atomic E-state index is -3.83. The summed E-state index contributed by atoms with van der Waals surface area (Å²) in [5, 5.41) is 5.63. The molecule has 1 aliphatic rings. The molecule has 0 radical (unpaired) electrons. The molecule has 158 valence electrons. The summed E-state index contributed by atoms with van der Waals surface area (Å²) >= 11 is 0. The Hall–Kier alpha value is -3.52. The number of nitrogens with zero attached hydrogens (tertiary/aromatic N) is 2. The van der Waals surface area contributed by atoms with Gasteiger partial charge in [-0.15, -0.1) is 0 Å². The van der Waals surface area contributed by atoms with E-state index >= 15 is 0 Å². The Balaban J connectivity index is 1.70. The van der Waals surface area contributed by atoms with Gasteiger partial charge in [-0.2, -0.15) is 5.10 Å². The molecule has 0 fully saturated rings. The zero-order chi connectivity index (χ0) is 22.0.